The highest BCUT2D eigenvalue weighted by Crippen LogP contribution is 2.24. The lowest BCUT2D eigenvalue weighted by molar-refractivity contribution is 0.250. The molecule has 0 bridgehead atoms. The average molecular weight is 324 g/mol. The smallest absolute Gasteiger partial charge is 0.255 e. The first-order valence-corrected chi connectivity index (χ1v) is 8.12. The maximum absolute atomic E-state index is 12.6. The van der Waals surface area contributed by atoms with E-state index in [1.165, 1.54) is 5.56 Å². The summed E-state index contributed by atoms with van der Waals surface area (Å²) in [6, 6.07) is 9.95. The molecule has 0 fully saturated rings. The van der Waals surface area contributed by atoms with E-state index in [1.807, 2.05) is 48.3 Å². The third-order valence-corrected chi connectivity index (χ3v) is 4.72. The predicted octanol–water partition coefficient (Wildman–Crippen LogP) is 1.24. The van der Waals surface area contributed by atoms with Crippen molar-refractivity contribution in [1.29, 1.82) is 0 Å². The van der Waals surface area contributed by atoms with Crippen LogP contribution in [0.1, 0.15) is 16.8 Å². The zero-order chi connectivity index (χ0) is 16.7. The highest BCUT2D eigenvalue weighted by atomic mass is 16.3. The number of aliphatic hydroxyl groups is 1. The number of aromatic nitrogens is 3. The fraction of sp³-hybridized carbons (Fsp3) is 0.333. The van der Waals surface area contributed by atoms with Crippen molar-refractivity contribution in [2.75, 3.05) is 6.61 Å². The summed E-state index contributed by atoms with van der Waals surface area (Å²) in [6.07, 6.45) is 1.86. The Morgan fingerprint density at radius 2 is 2.08 bits per heavy atom. The van der Waals surface area contributed by atoms with E-state index >= 15 is 0 Å². The van der Waals surface area contributed by atoms with Gasteiger partial charge in [0.05, 0.1) is 30.6 Å². The number of para-hydroxylation sites is 1. The van der Waals surface area contributed by atoms with E-state index < -0.39 is 0 Å². The molecular formula is C18H20N4O2. The Hall–Kier alpha value is -2.44. The largest absolute Gasteiger partial charge is 0.394 e. The number of nitrogens with zero attached hydrogens (tertiary/aromatic N) is 4. The van der Waals surface area contributed by atoms with E-state index in [4.69, 9.17) is 5.11 Å². The van der Waals surface area contributed by atoms with Gasteiger partial charge in [-0.3, -0.25) is 14.4 Å². The fourth-order valence-electron chi connectivity index (χ4n) is 3.52. The third-order valence-electron chi connectivity index (χ3n) is 4.72. The minimum atomic E-state index is 0.0571. The molecule has 1 aromatic carbocycles. The van der Waals surface area contributed by atoms with E-state index in [0.717, 1.165) is 35.2 Å². The number of rotatable bonds is 4. The first kappa shape index (κ1) is 15.1. The molecule has 124 valence electrons. The Morgan fingerprint density at radius 3 is 2.92 bits per heavy atom. The van der Waals surface area contributed by atoms with Crippen LogP contribution in [0.4, 0.5) is 0 Å². The second-order valence-electron chi connectivity index (χ2n) is 6.30. The van der Waals surface area contributed by atoms with Crippen LogP contribution in [0.5, 0.6) is 0 Å². The van der Waals surface area contributed by atoms with Gasteiger partial charge in [0.2, 0.25) is 0 Å². The van der Waals surface area contributed by atoms with E-state index in [-0.39, 0.29) is 12.2 Å². The van der Waals surface area contributed by atoms with Gasteiger partial charge < -0.3 is 9.67 Å². The monoisotopic (exact) mass is 324 g/mol. The van der Waals surface area contributed by atoms with Crippen LogP contribution >= 0.6 is 0 Å². The normalized spacial score (nSPS) is 14.4. The van der Waals surface area contributed by atoms with E-state index in [2.05, 4.69) is 10.00 Å². The highest BCUT2D eigenvalue weighted by Gasteiger charge is 2.24. The number of fused-ring (bicyclic) bond motifs is 2. The van der Waals surface area contributed by atoms with E-state index in [9.17, 15) is 4.79 Å². The molecule has 0 aliphatic carbocycles. The average Bonchev–Trinajstić information content (AvgIpc) is 3.14. The topological polar surface area (TPSA) is 63.3 Å². The van der Waals surface area contributed by atoms with Gasteiger partial charge in [-0.2, -0.15) is 5.10 Å². The van der Waals surface area contributed by atoms with E-state index in [1.54, 1.807) is 4.57 Å². The molecule has 0 spiro atoms. The van der Waals surface area contributed by atoms with Crippen LogP contribution < -0.4 is 5.56 Å². The molecule has 3 aromatic rings. The quantitative estimate of drug-likeness (QED) is 0.784. The van der Waals surface area contributed by atoms with Gasteiger partial charge in [-0.25, -0.2) is 0 Å². The van der Waals surface area contributed by atoms with Gasteiger partial charge in [0, 0.05) is 37.8 Å². The zero-order valence-corrected chi connectivity index (χ0v) is 13.6. The van der Waals surface area contributed by atoms with Crippen LogP contribution in [0.2, 0.25) is 0 Å². The maximum atomic E-state index is 12.6. The van der Waals surface area contributed by atoms with Crippen molar-refractivity contribution in [3.8, 4) is 0 Å². The molecule has 24 heavy (non-hydrogen) atoms. The minimum Gasteiger partial charge on any atom is -0.394 e. The molecular weight excluding hydrogens is 304 g/mol. The molecule has 0 atom stereocenters. The molecule has 0 amide bonds. The van der Waals surface area contributed by atoms with Crippen molar-refractivity contribution in [3.05, 3.63) is 63.7 Å². The van der Waals surface area contributed by atoms with Crippen LogP contribution in [0.3, 0.4) is 0 Å². The van der Waals surface area contributed by atoms with Crippen LogP contribution in [0.15, 0.2) is 41.3 Å². The zero-order valence-electron chi connectivity index (χ0n) is 13.6. The summed E-state index contributed by atoms with van der Waals surface area (Å²) in [6.45, 7) is 2.76. The molecule has 6 heteroatoms. The summed E-state index contributed by atoms with van der Waals surface area (Å²) in [5, 5.41) is 14.5. The lowest BCUT2D eigenvalue weighted by atomic mass is 10.1. The summed E-state index contributed by atoms with van der Waals surface area (Å²) in [4.78, 5) is 14.9. The van der Waals surface area contributed by atoms with E-state index in [0.29, 0.717) is 13.1 Å². The van der Waals surface area contributed by atoms with Gasteiger partial charge in [0.15, 0.2) is 0 Å². The molecule has 0 radical (unpaired) electrons. The summed E-state index contributed by atoms with van der Waals surface area (Å²) in [5.74, 6) is 0. The molecule has 1 aliphatic rings. The van der Waals surface area contributed by atoms with Gasteiger partial charge in [0.25, 0.3) is 5.56 Å². The number of hydrogen-bond acceptors (Lipinski definition) is 4. The second kappa shape index (κ2) is 5.89. The molecule has 0 unspecified atom stereocenters. The number of aryl methyl sites for hydroxylation is 1. The van der Waals surface area contributed by atoms with Crippen molar-refractivity contribution in [2.24, 2.45) is 7.05 Å². The van der Waals surface area contributed by atoms with Crippen molar-refractivity contribution < 1.29 is 5.11 Å². The lowest BCUT2D eigenvalue weighted by Gasteiger charge is -2.16. The Bertz CT molecular complexity index is 957. The summed E-state index contributed by atoms with van der Waals surface area (Å²) >= 11 is 0. The Kier molecular flexibility index (Phi) is 3.70. The van der Waals surface area contributed by atoms with Crippen LogP contribution in [-0.2, 0) is 33.2 Å². The first-order chi connectivity index (χ1) is 11.7. The predicted molar refractivity (Wildman–Crippen MR) is 91.5 cm³/mol. The Morgan fingerprint density at radius 1 is 1.25 bits per heavy atom. The summed E-state index contributed by atoms with van der Waals surface area (Å²) in [5.41, 5.74) is 4.14. The number of hydrogen-bond donors (Lipinski definition) is 1. The van der Waals surface area contributed by atoms with Gasteiger partial charge in [-0.05, 0) is 17.5 Å². The molecule has 4 rings (SSSR count). The minimum absolute atomic E-state index is 0.0571. The van der Waals surface area contributed by atoms with Crippen molar-refractivity contribution in [2.45, 2.75) is 26.2 Å². The first-order valence-electron chi connectivity index (χ1n) is 8.12. The third kappa shape index (κ3) is 2.44. The number of aliphatic hydroxyl groups excluding tert-OH is 1. The Balaban J connectivity index is 1.62. The standard InChI is InChI=1S/C18H20N4O2/c1-20-16-5-3-2-4-13(16)8-14(18(20)24)10-21-11-15-9-19-22(6-7-23)17(15)12-21/h2-5,8-9,23H,6-7,10-12H2,1H3. The van der Waals surface area contributed by atoms with Crippen LogP contribution in [0.25, 0.3) is 10.9 Å². The fourth-order valence-corrected chi connectivity index (χ4v) is 3.52. The molecule has 0 saturated heterocycles. The van der Waals surface area contributed by atoms with Gasteiger partial charge in [0.1, 0.15) is 0 Å². The van der Waals surface area contributed by atoms with Gasteiger partial charge in [-0.1, -0.05) is 18.2 Å². The lowest BCUT2D eigenvalue weighted by Crippen LogP contribution is -2.27. The van der Waals surface area contributed by atoms with Gasteiger partial charge in [-0.15, -0.1) is 0 Å². The van der Waals surface area contributed by atoms with Crippen molar-refractivity contribution >= 4 is 10.9 Å². The van der Waals surface area contributed by atoms with Gasteiger partial charge >= 0.3 is 0 Å². The molecule has 6 nitrogen and oxygen atoms in total. The van der Waals surface area contributed by atoms with Crippen molar-refractivity contribution in [3.63, 3.8) is 0 Å². The maximum Gasteiger partial charge on any atom is 0.255 e. The second-order valence-corrected chi connectivity index (χ2v) is 6.30. The molecule has 1 aliphatic heterocycles. The SMILES string of the molecule is Cn1c(=O)c(CN2Cc3cnn(CCO)c3C2)cc2ccccc21. The summed E-state index contributed by atoms with van der Waals surface area (Å²) in [7, 11) is 1.83. The molecule has 3 heterocycles. The van der Waals surface area contributed by atoms with Crippen molar-refractivity contribution in [1.82, 2.24) is 19.2 Å². The number of benzene rings is 1. The molecule has 2 aromatic heterocycles. The summed E-state index contributed by atoms with van der Waals surface area (Å²) < 4.78 is 3.58. The molecule has 1 N–H and O–H groups in total. The Labute approximate surface area is 139 Å². The van der Waals surface area contributed by atoms with Crippen LogP contribution in [-0.4, -0.2) is 31.0 Å². The molecule has 0 saturated carbocycles. The van der Waals surface area contributed by atoms with Crippen LogP contribution in [0, 0.1) is 0 Å². The highest BCUT2D eigenvalue weighted by molar-refractivity contribution is 5.79. The number of pyridine rings is 1.